The summed E-state index contributed by atoms with van der Waals surface area (Å²) in [6, 6.07) is 5.94. The first-order valence-electron chi connectivity index (χ1n) is 5.95. The highest BCUT2D eigenvalue weighted by Crippen LogP contribution is 2.28. The maximum absolute atomic E-state index is 13.0. The summed E-state index contributed by atoms with van der Waals surface area (Å²) in [6.07, 6.45) is 1.45. The van der Waals surface area contributed by atoms with Crippen LogP contribution < -0.4 is 5.73 Å². The Morgan fingerprint density at radius 3 is 2.32 bits per heavy atom. The van der Waals surface area contributed by atoms with E-state index in [2.05, 4.69) is 5.10 Å². The van der Waals surface area contributed by atoms with E-state index in [-0.39, 0.29) is 11.2 Å². The van der Waals surface area contributed by atoms with Crippen LogP contribution in [0.2, 0.25) is 0 Å². The summed E-state index contributed by atoms with van der Waals surface area (Å²) in [6.45, 7) is 5.91. The summed E-state index contributed by atoms with van der Waals surface area (Å²) in [5.41, 5.74) is 6.86. The Kier molecular flexibility index (Phi) is 3.14. The van der Waals surface area contributed by atoms with Crippen molar-refractivity contribution in [2.45, 2.75) is 26.2 Å². The van der Waals surface area contributed by atoms with Crippen LogP contribution in [0, 0.1) is 5.82 Å². The van der Waals surface area contributed by atoms with Crippen LogP contribution in [0.15, 0.2) is 30.5 Å². The Labute approximate surface area is 111 Å². The Bertz CT molecular complexity index is 609. The number of hydrogen-bond donors (Lipinski definition) is 1. The fraction of sp³-hybridized carbons (Fsp3) is 0.286. The van der Waals surface area contributed by atoms with Gasteiger partial charge in [-0.05, 0) is 24.3 Å². The van der Waals surface area contributed by atoms with Crippen LogP contribution in [0.25, 0.3) is 5.69 Å². The minimum atomic E-state index is -0.515. The third-order valence-electron chi connectivity index (χ3n) is 2.82. The molecule has 0 radical (unpaired) electrons. The first kappa shape index (κ1) is 13.3. The standard InChI is InChI=1S/C14H16FN3O/c1-14(2,3)12-11(13(16)19)8-17-18(12)10-6-4-9(15)5-7-10/h4-8H,1-3H3,(H2,16,19). The van der Waals surface area contributed by atoms with E-state index in [9.17, 15) is 9.18 Å². The third kappa shape index (κ3) is 2.50. The lowest BCUT2D eigenvalue weighted by molar-refractivity contribution is 0.0998. The molecule has 19 heavy (non-hydrogen) atoms. The maximum Gasteiger partial charge on any atom is 0.252 e. The van der Waals surface area contributed by atoms with Crippen molar-refractivity contribution in [1.29, 1.82) is 0 Å². The van der Waals surface area contributed by atoms with Crippen molar-refractivity contribution in [2.24, 2.45) is 5.73 Å². The topological polar surface area (TPSA) is 60.9 Å². The molecule has 5 heteroatoms. The van der Waals surface area contributed by atoms with Gasteiger partial charge >= 0.3 is 0 Å². The van der Waals surface area contributed by atoms with E-state index >= 15 is 0 Å². The van der Waals surface area contributed by atoms with Crippen LogP contribution in [0.5, 0.6) is 0 Å². The van der Waals surface area contributed by atoms with E-state index in [1.807, 2.05) is 20.8 Å². The van der Waals surface area contributed by atoms with Gasteiger partial charge in [-0.2, -0.15) is 5.10 Å². The molecule has 0 aliphatic rings. The maximum atomic E-state index is 13.0. The predicted molar refractivity (Wildman–Crippen MR) is 70.7 cm³/mol. The molecule has 0 atom stereocenters. The highest BCUT2D eigenvalue weighted by Gasteiger charge is 2.26. The molecule has 1 heterocycles. The average Bonchev–Trinajstić information content (AvgIpc) is 2.74. The molecule has 0 unspecified atom stereocenters. The normalized spacial score (nSPS) is 11.6. The van der Waals surface area contributed by atoms with Gasteiger partial charge in [-0.1, -0.05) is 20.8 Å². The molecule has 1 aromatic heterocycles. The van der Waals surface area contributed by atoms with Crippen LogP contribution in [-0.2, 0) is 5.41 Å². The molecule has 4 nitrogen and oxygen atoms in total. The summed E-state index contributed by atoms with van der Waals surface area (Å²) in [4.78, 5) is 11.5. The number of carbonyl (C=O) groups excluding carboxylic acids is 1. The van der Waals surface area contributed by atoms with E-state index in [1.54, 1.807) is 16.8 Å². The predicted octanol–water partition coefficient (Wildman–Crippen LogP) is 2.41. The SMILES string of the molecule is CC(C)(C)c1c(C(N)=O)cnn1-c1ccc(F)cc1. The van der Waals surface area contributed by atoms with E-state index in [1.165, 1.54) is 18.3 Å². The lowest BCUT2D eigenvalue weighted by Crippen LogP contribution is -2.23. The van der Waals surface area contributed by atoms with Crippen molar-refractivity contribution < 1.29 is 9.18 Å². The van der Waals surface area contributed by atoms with Crippen molar-refractivity contribution in [3.63, 3.8) is 0 Å². The molecule has 100 valence electrons. The molecule has 2 rings (SSSR count). The van der Waals surface area contributed by atoms with Gasteiger partial charge in [0.1, 0.15) is 5.82 Å². The van der Waals surface area contributed by atoms with Crippen LogP contribution in [-0.4, -0.2) is 15.7 Å². The number of primary amides is 1. The number of hydrogen-bond acceptors (Lipinski definition) is 2. The van der Waals surface area contributed by atoms with Crippen molar-refractivity contribution in [3.8, 4) is 5.69 Å². The Balaban J connectivity index is 2.64. The Morgan fingerprint density at radius 1 is 1.26 bits per heavy atom. The van der Waals surface area contributed by atoms with E-state index in [4.69, 9.17) is 5.73 Å². The van der Waals surface area contributed by atoms with Gasteiger partial charge in [0.25, 0.3) is 5.91 Å². The van der Waals surface area contributed by atoms with E-state index in [0.717, 1.165) is 0 Å². The highest BCUT2D eigenvalue weighted by molar-refractivity contribution is 5.94. The second-order valence-corrected chi connectivity index (χ2v) is 5.41. The first-order chi connectivity index (χ1) is 8.80. The number of rotatable bonds is 2. The van der Waals surface area contributed by atoms with Crippen molar-refractivity contribution in [1.82, 2.24) is 9.78 Å². The molecule has 0 aliphatic carbocycles. The molecular formula is C14H16FN3O. The van der Waals surface area contributed by atoms with E-state index < -0.39 is 5.91 Å². The molecule has 0 fully saturated rings. The second-order valence-electron chi connectivity index (χ2n) is 5.41. The van der Waals surface area contributed by atoms with Crippen molar-refractivity contribution in [3.05, 3.63) is 47.5 Å². The van der Waals surface area contributed by atoms with Gasteiger partial charge in [-0.3, -0.25) is 4.79 Å². The molecule has 1 amide bonds. The molecule has 0 bridgehead atoms. The molecule has 0 saturated heterocycles. The molecule has 0 spiro atoms. The van der Waals surface area contributed by atoms with Crippen LogP contribution in [0.1, 0.15) is 36.8 Å². The molecule has 0 saturated carbocycles. The second kappa shape index (κ2) is 4.50. The van der Waals surface area contributed by atoms with Crippen LogP contribution in [0.4, 0.5) is 4.39 Å². The van der Waals surface area contributed by atoms with Crippen molar-refractivity contribution in [2.75, 3.05) is 0 Å². The van der Waals surface area contributed by atoms with Gasteiger partial charge in [0.2, 0.25) is 0 Å². The summed E-state index contributed by atoms with van der Waals surface area (Å²) in [7, 11) is 0. The van der Waals surface area contributed by atoms with Crippen molar-refractivity contribution >= 4 is 5.91 Å². The lowest BCUT2D eigenvalue weighted by Gasteiger charge is -2.21. The number of nitrogens with zero attached hydrogens (tertiary/aromatic N) is 2. The number of amides is 1. The Hall–Kier alpha value is -2.17. The zero-order valence-corrected chi connectivity index (χ0v) is 11.1. The fourth-order valence-corrected chi connectivity index (χ4v) is 2.03. The Morgan fingerprint density at radius 2 is 1.84 bits per heavy atom. The average molecular weight is 261 g/mol. The minimum Gasteiger partial charge on any atom is -0.365 e. The fourth-order valence-electron chi connectivity index (χ4n) is 2.03. The van der Waals surface area contributed by atoms with E-state index in [0.29, 0.717) is 16.9 Å². The molecule has 2 aromatic rings. The van der Waals surface area contributed by atoms with Gasteiger partial charge < -0.3 is 5.73 Å². The molecule has 0 aliphatic heterocycles. The number of nitrogens with two attached hydrogens (primary N) is 1. The first-order valence-corrected chi connectivity index (χ1v) is 5.95. The monoisotopic (exact) mass is 261 g/mol. The summed E-state index contributed by atoms with van der Waals surface area (Å²) in [5.74, 6) is -0.832. The van der Waals surface area contributed by atoms with Gasteiger partial charge in [0.15, 0.2) is 0 Å². The third-order valence-corrected chi connectivity index (χ3v) is 2.82. The van der Waals surface area contributed by atoms with Crippen LogP contribution in [0.3, 0.4) is 0 Å². The number of carbonyl (C=O) groups is 1. The summed E-state index contributed by atoms with van der Waals surface area (Å²) < 4.78 is 14.6. The number of benzene rings is 1. The van der Waals surface area contributed by atoms with Gasteiger partial charge in [-0.15, -0.1) is 0 Å². The summed E-state index contributed by atoms with van der Waals surface area (Å²) in [5, 5.41) is 4.20. The number of aromatic nitrogens is 2. The smallest absolute Gasteiger partial charge is 0.252 e. The number of halogens is 1. The van der Waals surface area contributed by atoms with Crippen LogP contribution >= 0.6 is 0 Å². The van der Waals surface area contributed by atoms with Gasteiger partial charge in [0.05, 0.1) is 23.1 Å². The van der Waals surface area contributed by atoms with Gasteiger partial charge in [0, 0.05) is 5.41 Å². The zero-order chi connectivity index (χ0) is 14.2. The van der Waals surface area contributed by atoms with Gasteiger partial charge in [-0.25, -0.2) is 9.07 Å². The highest BCUT2D eigenvalue weighted by atomic mass is 19.1. The molecule has 2 N–H and O–H groups in total. The zero-order valence-electron chi connectivity index (χ0n) is 11.1. The quantitative estimate of drug-likeness (QED) is 0.902. The lowest BCUT2D eigenvalue weighted by atomic mass is 9.89. The molecule has 1 aromatic carbocycles. The molecular weight excluding hydrogens is 245 g/mol. The minimum absolute atomic E-state index is 0.310. The summed E-state index contributed by atoms with van der Waals surface area (Å²) >= 11 is 0. The largest absolute Gasteiger partial charge is 0.365 e.